The van der Waals surface area contributed by atoms with Crippen LogP contribution in [-0.2, 0) is 0 Å². The highest BCUT2D eigenvalue weighted by molar-refractivity contribution is 7.99. The summed E-state index contributed by atoms with van der Waals surface area (Å²) in [5.74, 6) is 3.25. The Labute approximate surface area is 72.7 Å². The van der Waals surface area contributed by atoms with Gasteiger partial charge in [-0.2, -0.15) is 11.8 Å². The molecule has 2 heteroatoms. The Kier molecular flexibility index (Phi) is 3.93. The molecule has 0 saturated heterocycles. The second-order valence-electron chi connectivity index (χ2n) is 3.06. The van der Waals surface area contributed by atoms with Crippen molar-refractivity contribution in [1.29, 1.82) is 0 Å². The molecule has 60 valence electrons. The van der Waals surface area contributed by atoms with Gasteiger partial charge in [-0.1, -0.05) is 6.92 Å². The fourth-order valence-corrected chi connectivity index (χ4v) is 2.50. The molecule has 1 aliphatic carbocycles. The lowest BCUT2D eigenvalue weighted by Gasteiger charge is -2.07. The highest BCUT2D eigenvalue weighted by Gasteiger charge is 2.21. The van der Waals surface area contributed by atoms with Gasteiger partial charge in [0.2, 0.25) is 0 Å². The minimum atomic E-state index is 0.776. The second-order valence-corrected chi connectivity index (χ2v) is 4.91. The third-order valence-corrected chi connectivity index (χ3v) is 3.52. The van der Waals surface area contributed by atoms with Crippen LogP contribution in [0.1, 0.15) is 26.2 Å². The van der Waals surface area contributed by atoms with Crippen molar-refractivity contribution in [2.45, 2.75) is 31.4 Å². The van der Waals surface area contributed by atoms with Crippen LogP contribution in [0.3, 0.4) is 0 Å². The molecular weight excluding hydrogens is 164 g/mol. The van der Waals surface area contributed by atoms with Crippen LogP contribution >= 0.6 is 23.4 Å². The fraction of sp³-hybridized carbons (Fsp3) is 1.00. The normalized spacial score (nSPS) is 21.0. The molecule has 1 rings (SSSR count). The molecule has 1 aliphatic rings. The maximum absolute atomic E-state index is 5.61. The molecule has 1 unspecified atom stereocenters. The van der Waals surface area contributed by atoms with E-state index in [1.54, 1.807) is 0 Å². The zero-order valence-electron chi connectivity index (χ0n) is 6.48. The fourth-order valence-electron chi connectivity index (χ4n) is 0.822. The molecule has 0 nitrogen and oxygen atoms in total. The van der Waals surface area contributed by atoms with Gasteiger partial charge in [-0.05, 0) is 30.9 Å². The van der Waals surface area contributed by atoms with Crippen molar-refractivity contribution in [3.05, 3.63) is 0 Å². The van der Waals surface area contributed by atoms with Crippen molar-refractivity contribution in [3.63, 3.8) is 0 Å². The molecule has 0 heterocycles. The molecule has 1 atom stereocenters. The average molecular weight is 179 g/mol. The van der Waals surface area contributed by atoms with E-state index >= 15 is 0 Å². The first-order valence-corrected chi connectivity index (χ1v) is 5.59. The summed E-state index contributed by atoms with van der Waals surface area (Å²) >= 11 is 7.70. The van der Waals surface area contributed by atoms with Crippen molar-refractivity contribution in [2.75, 3.05) is 11.6 Å². The number of hydrogen-bond acceptors (Lipinski definition) is 1. The largest absolute Gasteiger partial charge is 0.159 e. The topological polar surface area (TPSA) is 0 Å². The molecule has 0 aromatic heterocycles. The van der Waals surface area contributed by atoms with Gasteiger partial charge in [0.1, 0.15) is 0 Å². The first kappa shape index (κ1) is 8.73. The third-order valence-electron chi connectivity index (χ3n) is 1.83. The van der Waals surface area contributed by atoms with E-state index in [0.29, 0.717) is 0 Å². The molecule has 0 N–H and O–H groups in total. The van der Waals surface area contributed by atoms with Gasteiger partial charge in [0.25, 0.3) is 0 Å². The number of hydrogen-bond donors (Lipinski definition) is 0. The van der Waals surface area contributed by atoms with Gasteiger partial charge in [-0.25, -0.2) is 0 Å². The van der Waals surface area contributed by atoms with Crippen LogP contribution in [0.5, 0.6) is 0 Å². The predicted octanol–water partition coefficient (Wildman–Crippen LogP) is 3.15. The van der Waals surface area contributed by atoms with E-state index in [0.717, 1.165) is 17.0 Å². The zero-order valence-corrected chi connectivity index (χ0v) is 8.05. The number of alkyl halides is 1. The van der Waals surface area contributed by atoms with Crippen molar-refractivity contribution in [3.8, 4) is 0 Å². The molecule has 0 bridgehead atoms. The summed E-state index contributed by atoms with van der Waals surface area (Å²) in [6.45, 7) is 2.27. The van der Waals surface area contributed by atoms with Gasteiger partial charge < -0.3 is 0 Å². The Morgan fingerprint density at radius 1 is 1.60 bits per heavy atom. The van der Waals surface area contributed by atoms with E-state index in [1.165, 1.54) is 25.0 Å². The van der Waals surface area contributed by atoms with E-state index in [9.17, 15) is 0 Å². The predicted molar refractivity (Wildman–Crippen MR) is 50.0 cm³/mol. The lowest BCUT2D eigenvalue weighted by atomic mass is 10.4. The summed E-state index contributed by atoms with van der Waals surface area (Å²) in [6, 6.07) is 0. The SMILES string of the molecule is CC(CCCl)SCC1CC1. The molecule has 0 aliphatic heterocycles. The first-order valence-electron chi connectivity index (χ1n) is 4.00. The summed E-state index contributed by atoms with van der Waals surface area (Å²) in [6.07, 6.45) is 4.11. The van der Waals surface area contributed by atoms with E-state index in [2.05, 4.69) is 18.7 Å². The molecule has 10 heavy (non-hydrogen) atoms. The monoisotopic (exact) mass is 178 g/mol. The van der Waals surface area contributed by atoms with Crippen LogP contribution in [-0.4, -0.2) is 16.9 Å². The molecule has 0 radical (unpaired) electrons. The van der Waals surface area contributed by atoms with E-state index < -0.39 is 0 Å². The molecule has 1 saturated carbocycles. The van der Waals surface area contributed by atoms with Crippen molar-refractivity contribution in [1.82, 2.24) is 0 Å². The Morgan fingerprint density at radius 3 is 2.80 bits per heavy atom. The van der Waals surface area contributed by atoms with Crippen molar-refractivity contribution in [2.24, 2.45) is 5.92 Å². The lowest BCUT2D eigenvalue weighted by Crippen LogP contribution is -1.98. The minimum Gasteiger partial charge on any atom is -0.159 e. The molecule has 1 fully saturated rings. The maximum atomic E-state index is 5.61. The van der Waals surface area contributed by atoms with Gasteiger partial charge >= 0.3 is 0 Å². The van der Waals surface area contributed by atoms with E-state index in [-0.39, 0.29) is 0 Å². The van der Waals surface area contributed by atoms with E-state index in [4.69, 9.17) is 11.6 Å². The van der Waals surface area contributed by atoms with Gasteiger partial charge in [-0.3, -0.25) is 0 Å². The summed E-state index contributed by atoms with van der Waals surface area (Å²) in [5, 5.41) is 0.776. The van der Waals surface area contributed by atoms with Gasteiger partial charge in [0, 0.05) is 11.1 Å². The third kappa shape index (κ3) is 3.72. The van der Waals surface area contributed by atoms with Crippen LogP contribution in [0.4, 0.5) is 0 Å². The molecule has 0 aromatic carbocycles. The molecule has 0 spiro atoms. The highest BCUT2D eigenvalue weighted by Crippen LogP contribution is 2.34. The van der Waals surface area contributed by atoms with Gasteiger partial charge in [0.15, 0.2) is 0 Å². The van der Waals surface area contributed by atoms with Gasteiger partial charge in [0.05, 0.1) is 0 Å². The number of halogens is 1. The van der Waals surface area contributed by atoms with Crippen molar-refractivity contribution >= 4 is 23.4 Å². The van der Waals surface area contributed by atoms with Crippen LogP contribution in [0.15, 0.2) is 0 Å². The first-order chi connectivity index (χ1) is 4.83. The second kappa shape index (κ2) is 4.50. The van der Waals surface area contributed by atoms with Crippen molar-refractivity contribution < 1.29 is 0 Å². The summed E-state index contributed by atoms with van der Waals surface area (Å²) in [4.78, 5) is 0. The zero-order chi connectivity index (χ0) is 7.40. The summed E-state index contributed by atoms with van der Waals surface area (Å²) < 4.78 is 0. The quantitative estimate of drug-likeness (QED) is 0.583. The Bertz CT molecular complexity index is 91.3. The molecule has 0 amide bonds. The Hall–Kier alpha value is 0.640. The number of thioether (sulfide) groups is 1. The van der Waals surface area contributed by atoms with Gasteiger partial charge in [-0.15, -0.1) is 11.6 Å². The highest BCUT2D eigenvalue weighted by atomic mass is 35.5. The summed E-state index contributed by atoms with van der Waals surface area (Å²) in [5.41, 5.74) is 0. The average Bonchev–Trinajstić information content (AvgIpc) is 2.67. The standard InChI is InChI=1S/C8H15ClS/c1-7(4-5-9)10-6-8-2-3-8/h7-8H,2-6H2,1H3. The lowest BCUT2D eigenvalue weighted by molar-refractivity contribution is 0.900. The minimum absolute atomic E-state index is 0.776. The Balaban J connectivity index is 1.89. The maximum Gasteiger partial charge on any atom is 0.0233 e. The summed E-state index contributed by atoms with van der Waals surface area (Å²) in [7, 11) is 0. The Morgan fingerprint density at radius 2 is 2.30 bits per heavy atom. The van der Waals surface area contributed by atoms with Crippen LogP contribution in [0.25, 0.3) is 0 Å². The van der Waals surface area contributed by atoms with E-state index in [1.807, 2.05) is 0 Å². The van der Waals surface area contributed by atoms with Crippen LogP contribution in [0.2, 0.25) is 0 Å². The molecular formula is C8H15ClS. The van der Waals surface area contributed by atoms with Crippen LogP contribution in [0, 0.1) is 5.92 Å². The van der Waals surface area contributed by atoms with Crippen LogP contribution < -0.4 is 0 Å². The molecule has 0 aromatic rings. The number of rotatable bonds is 5. The smallest absolute Gasteiger partial charge is 0.0233 e.